The molecule has 0 aliphatic heterocycles. The highest BCUT2D eigenvalue weighted by Gasteiger charge is 2.10. The van der Waals surface area contributed by atoms with Crippen LogP contribution in [0.15, 0.2) is 54.1 Å². The number of ether oxygens (including phenoxy) is 1. The Morgan fingerprint density at radius 2 is 1.88 bits per heavy atom. The summed E-state index contributed by atoms with van der Waals surface area (Å²) < 4.78 is 5.13. The lowest BCUT2D eigenvalue weighted by atomic mass is 10.1. The van der Waals surface area contributed by atoms with Crippen LogP contribution in [0.5, 0.6) is 5.75 Å². The Bertz CT molecular complexity index is 816. The molecule has 1 amide bonds. The molecule has 0 saturated heterocycles. The molecule has 0 aliphatic carbocycles. The van der Waals surface area contributed by atoms with E-state index in [4.69, 9.17) is 4.74 Å². The second kappa shape index (κ2) is 9.28. The number of anilines is 2. The third-order valence-electron chi connectivity index (χ3n) is 4.03. The van der Waals surface area contributed by atoms with Crippen LogP contribution in [0.4, 0.5) is 11.4 Å². The van der Waals surface area contributed by atoms with E-state index in [0.717, 1.165) is 24.3 Å². The van der Waals surface area contributed by atoms with Gasteiger partial charge in [-0.1, -0.05) is 18.2 Å². The molecule has 0 saturated carbocycles. The lowest BCUT2D eigenvalue weighted by Gasteiger charge is -2.20. The fourth-order valence-electron chi connectivity index (χ4n) is 2.58. The van der Waals surface area contributed by atoms with Crippen molar-refractivity contribution in [1.29, 1.82) is 5.26 Å². The molecule has 26 heavy (non-hydrogen) atoms. The highest BCUT2D eigenvalue weighted by molar-refractivity contribution is 6.09. The number of amides is 1. The lowest BCUT2D eigenvalue weighted by molar-refractivity contribution is -0.112. The molecular formula is C21H23N3O2. The van der Waals surface area contributed by atoms with Gasteiger partial charge in [-0.25, -0.2) is 0 Å². The van der Waals surface area contributed by atoms with E-state index in [0.29, 0.717) is 11.4 Å². The molecule has 2 rings (SSSR count). The van der Waals surface area contributed by atoms with Gasteiger partial charge in [0, 0.05) is 30.5 Å². The Labute approximate surface area is 154 Å². The molecule has 0 aliphatic rings. The lowest BCUT2D eigenvalue weighted by Crippen LogP contribution is -2.21. The summed E-state index contributed by atoms with van der Waals surface area (Å²) in [6.07, 6.45) is 1.58. The van der Waals surface area contributed by atoms with Gasteiger partial charge in [-0.05, 0) is 49.8 Å². The number of nitrogens with zero attached hydrogens (tertiary/aromatic N) is 2. The zero-order valence-electron chi connectivity index (χ0n) is 15.3. The molecule has 5 heteroatoms. The van der Waals surface area contributed by atoms with Crippen molar-refractivity contribution in [3.63, 3.8) is 0 Å². The molecule has 0 aromatic heterocycles. The predicted molar refractivity (Wildman–Crippen MR) is 105 cm³/mol. The summed E-state index contributed by atoms with van der Waals surface area (Å²) in [5.74, 6) is 0.186. The van der Waals surface area contributed by atoms with Crippen molar-refractivity contribution < 1.29 is 9.53 Å². The van der Waals surface area contributed by atoms with Crippen LogP contribution < -0.4 is 15.0 Å². The molecule has 0 bridgehead atoms. The minimum Gasteiger partial charge on any atom is -0.497 e. The fraction of sp³-hybridized carbons (Fsp3) is 0.238. The van der Waals surface area contributed by atoms with Crippen molar-refractivity contribution in [2.75, 3.05) is 30.4 Å². The molecule has 0 unspecified atom stereocenters. The molecule has 2 aromatic carbocycles. The first-order valence-corrected chi connectivity index (χ1v) is 8.53. The Morgan fingerprint density at radius 3 is 2.46 bits per heavy atom. The third-order valence-corrected chi connectivity index (χ3v) is 4.03. The van der Waals surface area contributed by atoms with Crippen LogP contribution >= 0.6 is 0 Å². The van der Waals surface area contributed by atoms with Gasteiger partial charge >= 0.3 is 0 Å². The van der Waals surface area contributed by atoms with Gasteiger partial charge in [-0.3, -0.25) is 4.79 Å². The van der Waals surface area contributed by atoms with Crippen LogP contribution in [-0.2, 0) is 4.79 Å². The van der Waals surface area contributed by atoms with Crippen molar-refractivity contribution >= 4 is 23.4 Å². The maximum absolute atomic E-state index is 12.4. The van der Waals surface area contributed by atoms with Crippen LogP contribution in [0.3, 0.4) is 0 Å². The van der Waals surface area contributed by atoms with Gasteiger partial charge in [-0.15, -0.1) is 0 Å². The van der Waals surface area contributed by atoms with E-state index >= 15 is 0 Å². The van der Waals surface area contributed by atoms with E-state index in [1.165, 1.54) is 0 Å². The number of carbonyl (C=O) groups is 1. The van der Waals surface area contributed by atoms with Crippen LogP contribution in [0.25, 0.3) is 6.08 Å². The molecule has 2 aromatic rings. The maximum atomic E-state index is 12.4. The van der Waals surface area contributed by atoms with Gasteiger partial charge in [0.05, 0.1) is 7.11 Å². The predicted octanol–water partition coefficient (Wildman–Crippen LogP) is 4.09. The first kappa shape index (κ1) is 19.1. The summed E-state index contributed by atoms with van der Waals surface area (Å²) in [5, 5.41) is 12.1. The second-order valence-electron chi connectivity index (χ2n) is 5.62. The summed E-state index contributed by atoms with van der Waals surface area (Å²) in [6, 6.07) is 16.8. The van der Waals surface area contributed by atoms with E-state index in [1.54, 1.807) is 37.5 Å². The summed E-state index contributed by atoms with van der Waals surface area (Å²) >= 11 is 0. The molecule has 5 nitrogen and oxygen atoms in total. The number of benzene rings is 2. The van der Waals surface area contributed by atoms with Crippen molar-refractivity contribution in [3.8, 4) is 11.8 Å². The minimum absolute atomic E-state index is 0.0448. The number of rotatable bonds is 7. The average molecular weight is 349 g/mol. The zero-order valence-corrected chi connectivity index (χ0v) is 15.3. The van der Waals surface area contributed by atoms with Gasteiger partial charge in [0.1, 0.15) is 17.4 Å². The minimum atomic E-state index is -0.450. The molecule has 0 atom stereocenters. The van der Waals surface area contributed by atoms with Gasteiger partial charge in [0.15, 0.2) is 0 Å². The molecule has 134 valence electrons. The molecule has 1 N–H and O–H groups in total. The zero-order chi connectivity index (χ0) is 18.9. The highest BCUT2D eigenvalue weighted by atomic mass is 16.5. The van der Waals surface area contributed by atoms with Gasteiger partial charge < -0.3 is 15.0 Å². The Balaban J connectivity index is 2.16. The Morgan fingerprint density at radius 1 is 1.19 bits per heavy atom. The number of hydrogen-bond donors (Lipinski definition) is 1. The van der Waals surface area contributed by atoms with Gasteiger partial charge in [0.2, 0.25) is 0 Å². The largest absolute Gasteiger partial charge is 0.497 e. The van der Waals surface area contributed by atoms with E-state index in [-0.39, 0.29) is 5.57 Å². The Kier molecular flexibility index (Phi) is 6.81. The molecule has 0 heterocycles. The normalized spacial score (nSPS) is 10.8. The van der Waals surface area contributed by atoms with Crippen LogP contribution in [0.1, 0.15) is 19.4 Å². The van der Waals surface area contributed by atoms with Gasteiger partial charge in [0.25, 0.3) is 5.91 Å². The van der Waals surface area contributed by atoms with Crippen molar-refractivity contribution in [3.05, 3.63) is 59.7 Å². The Hall–Kier alpha value is -3.26. The summed E-state index contributed by atoms with van der Waals surface area (Å²) in [5.41, 5.74) is 2.54. The van der Waals surface area contributed by atoms with Crippen molar-refractivity contribution in [2.45, 2.75) is 13.8 Å². The first-order valence-electron chi connectivity index (χ1n) is 8.53. The van der Waals surface area contributed by atoms with E-state index in [9.17, 15) is 10.1 Å². The summed E-state index contributed by atoms with van der Waals surface area (Å²) in [4.78, 5) is 14.6. The van der Waals surface area contributed by atoms with Crippen LogP contribution in [0.2, 0.25) is 0 Å². The number of carbonyl (C=O) groups excluding carboxylic acids is 1. The van der Waals surface area contributed by atoms with Crippen LogP contribution in [0, 0.1) is 11.3 Å². The van der Waals surface area contributed by atoms with Crippen molar-refractivity contribution in [1.82, 2.24) is 0 Å². The average Bonchev–Trinajstić information content (AvgIpc) is 2.68. The van der Waals surface area contributed by atoms with Crippen LogP contribution in [-0.4, -0.2) is 26.1 Å². The van der Waals surface area contributed by atoms with E-state index < -0.39 is 5.91 Å². The highest BCUT2D eigenvalue weighted by Crippen LogP contribution is 2.19. The van der Waals surface area contributed by atoms with E-state index in [1.807, 2.05) is 30.3 Å². The molecule has 0 fully saturated rings. The molecule has 0 radical (unpaired) electrons. The standard InChI is InChI=1S/C21H23N3O2/c1-4-24(5-2)19-11-9-16(10-12-19)13-17(15-22)21(25)23-18-7-6-8-20(14-18)26-3/h6-14H,4-5H2,1-3H3,(H,23,25)/b17-13-. The molecular weight excluding hydrogens is 326 g/mol. The number of nitriles is 1. The number of hydrogen-bond acceptors (Lipinski definition) is 4. The second-order valence-corrected chi connectivity index (χ2v) is 5.62. The fourth-order valence-corrected chi connectivity index (χ4v) is 2.58. The number of nitrogens with one attached hydrogen (secondary N) is 1. The number of methoxy groups -OCH3 is 1. The van der Waals surface area contributed by atoms with Crippen molar-refractivity contribution in [2.24, 2.45) is 0 Å². The van der Waals surface area contributed by atoms with Gasteiger partial charge in [-0.2, -0.15) is 5.26 Å². The monoisotopic (exact) mass is 349 g/mol. The third kappa shape index (κ3) is 4.87. The first-order chi connectivity index (χ1) is 12.6. The smallest absolute Gasteiger partial charge is 0.266 e. The SMILES string of the molecule is CCN(CC)c1ccc(/C=C(/C#N)C(=O)Nc2cccc(OC)c2)cc1. The molecule has 0 spiro atoms. The van der Waals surface area contributed by atoms with E-state index in [2.05, 4.69) is 24.1 Å². The quantitative estimate of drug-likeness (QED) is 0.604. The summed E-state index contributed by atoms with van der Waals surface area (Å²) in [6.45, 7) is 6.07. The maximum Gasteiger partial charge on any atom is 0.266 e. The topological polar surface area (TPSA) is 65.4 Å². The summed E-state index contributed by atoms with van der Waals surface area (Å²) in [7, 11) is 1.56.